The Morgan fingerprint density at radius 3 is 2.94 bits per heavy atom. The number of rotatable bonds is 6. The van der Waals surface area contributed by atoms with Crippen molar-refractivity contribution in [3.05, 3.63) is 20.8 Å². The molecule has 90 valence electrons. The summed E-state index contributed by atoms with van der Waals surface area (Å²) in [6, 6.07) is 3.53. The summed E-state index contributed by atoms with van der Waals surface area (Å²) in [6.07, 6.45) is 2.79. The highest BCUT2D eigenvalue weighted by Gasteiger charge is 2.25. The monoisotopic (exact) mass is 302 g/mol. The van der Waals surface area contributed by atoms with Gasteiger partial charge in [0.15, 0.2) is 0 Å². The third-order valence-corrected chi connectivity index (χ3v) is 4.98. The molecule has 1 N–H and O–H groups in total. The Hall–Kier alpha value is 0.1000. The van der Waals surface area contributed by atoms with Crippen molar-refractivity contribution in [1.82, 2.24) is 10.2 Å². The first-order valence-corrected chi connectivity index (χ1v) is 7.51. The molecule has 1 aromatic heterocycles. The van der Waals surface area contributed by atoms with Gasteiger partial charge < -0.3 is 10.2 Å². The van der Waals surface area contributed by atoms with E-state index in [0.717, 1.165) is 19.1 Å². The molecule has 0 aromatic carbocycles. The van der Waals surface area contributed by atoms with E-state index in [1.54, 1.807) is 0 Å². The van der Waals surface area contributed by atoms with E-state index < -0.39 is 0 Å². The van der Waals surface area contributed by atoms with Crippen LogP contribution in [0.5, 0.6) is 0 Å². The number of nitrogens with one attached hydrogen (secondary N) is 1. The van der Waals surface area contributed by atoms with Crippen LogP contribution in [-0.4, -0.2) is 31.1 Å². The van der Waals surface area contributed by atoms with E-state index in [0.29, 0.717) is 6.04 Å². The van der Waals surface area contributed by atoms with E-state index >= 15 is 0 Å². The maximum absolute atomic E-state index is 3.57. The van der Waals surface area contributed by atoms with Gasteiger partial charge in [-0.05, 0) is 48.8 Å². The third kappa shape index (κ3) is 3.55. The predicted molar refractivity (Wildman–Crippen MR) is 74.1 cm³/mol. The van der Waals surface area contributed by atoms with E-state index in [9.17, 15) is 0 Å². The van der Waals surface area contributed by atoms with E-state index in [4.69, 9.17) is 0 Å². The van der Waals surface area contributed by atoms with Crippen molar-refractivity contribution in [1.29, 1.82) is 0 Å². The highest BCUT2D eigenvalue weighted by Crippen LogP contribution is 2.26. The number of thiophene rings is 1. The SMILES string of the molecule is CC(NCCN(C)C1CC1)c1cc(Br)cs1. The zero-order valence-corrected chi connectivity index (χ0v) is 12.3. The lowest BCUT2D eigenvalue weighted by molar-refractivity contribution is 0.317. The molecule has 1 aliphatic rings. The first-order valence-electron chi connectivity index (χ1n) is 5.84. The normalized spacial score (nSPS) is 18.0. The molecule has 1 fully saturated rings. The average molecular weight is 303 g/mol. The topological polar surface area (TPSA) is 15.3 Å². The van der Waals surface area contributed by atoms with Gasteiger partial charge in [0, 0.05) is 39.9 Å². The van der Waals surface area contributed by atoms with Gasteiger partial charge in [0.2, 0.25) is 0 Å². The van der Waals surface area contributed by atoms with Crippen LogP contribution in [0.2, 0.25) is 0 Å². The molecule has 0 radical (unpaired) electrons. The van der Waals surface area contributed by atoms with Crippen molar-refractivity contribution >= 4 is 27.3 Å². The van der Waals surface area contributed by atoms with Crippen molar-refractivity contribution in [2.75, 3.05) is 20.1 Å². The molecule has 1 aromatic rings. The molecule has 4 heteroatoms. The molecule has 2 rings (SSSR count). The fourth-order valence-electron chi connectivity index (χ4n) is 1.81. The highest BCUT2D eigenvalue weighted by atomic mass is 79.9. The van der Waals surface area contributed by atoms with Crippen LogP contribution in [0.15, 0.2) is 15.9 Å². The maximum Gasteiger partial charge on any atom is 0.0386 e. The van der Waals surface area contributed by atoms with Crippen molar-refractivity contribution in [3.8, 4) is 0 Å². The fourth-order valence-corrected chi connectivity index (χ4v) is 3.29. The molecule has 1 aliphatic carbocycles. The predicted octanol–water partition coefficient (Wildman–Crippen LogP) is 3.26. The Morgan fingerprint density at radius 1 is 1.62 bits per heavy atom. The quantitative estimate of drug-likeness (QED) is 0.868. The maximum atomic E-state index is 3.57. The molecule has 0 saturated heterocycles. The minimum atomic E-state index is 0.462. The minimum absolute atomic E-state index is 0.462. The summed E-state index contributed by atoms with van der Waals surface area (Å²) in [7, 11) is 2.23. The van der Waals surface area contributed by atoms with Gasteiger partial charge in [-0.3, -0.25) is 0 Å². The highest BCUT2D eigenvalue weighted by molar-refractivity contribution is 9.10. The first kappa shape index (κ1) is 12.6. The summed E-state index contributed by atoms with van der Waals surface area (Å²) < 4.78 is 1.19. The minimum Gasteiger partial charge on any atom is -0.308 e. The molecule has 1 saturated carbocycles. The van der Waals surface area contributed by atoms with Crippen LogP contribution in [0.3, 0.4) is 0 Å². The second kappa shape index (κ2) is 5.63. The van der Waals surface area contributed by atoms with Gasteiger partial charge in [-0.15, -0.1) is 11.3 Å². The molecule has 0 bridgehead atoms. The van der Waals surface area contributed by atoms with Crippen molar-refractivity contribution in [3.63, 3.8) is 0 Å². The number of halogens is 1. The molecule has 0 aliphatic heterocycles. The van der Waals surface area contributed by atoms with E-state index in [2.05, 4.69) is 51.6 Å². The molecule has 2 nitrogen and oxygen atoms in total. The zero-order valence-electron chi connectivity index (χ0n) is 9.87. The van der Waals surface area contributed by atoms with Crippen molar-refractivity contribution in [2.24, 2.45) is 0 Å². The molecule has 0 amide bonds. The summed E-state index contributed by atoms with van der Waals surface area (Å²) in [5.74, 6) is 0. The summed E-state index contributed by atoms with van der Waals surface area (Å²) in [6.45, 7) is 4.46. The molecular weight excluding hydrogens is 284 g/mol. The lowest BCUT2D eigenvalue weighted by atomic mass is 10.3. The zero-order chi connectivity index (χ0) is 11.5. The Bertz CT molecular complexity index is 336. The first-order chi connectivity index (χ1) is 7.66. The van der Waals surface area contributed by atoms with Gasteiger partial charge in [0.05, 0.1) is 0 Å². The van der Waals surface area contributed by atoms with Crippen LogP contribution in [0.1, 0.15) is 30.7 Å². The smallest absolute Gasteiger partial charge is 0.0386 e. The second-order valence-corrected chi connectivity index (χ2v) is 6.41. The molecule has 16 heavy (non-hydrogen) atoms. The summed E-state index contributed by atoms with van der Waals surface area (Å²) in [4.78, 5) is 3.87. The average Bonchev–Trinajstić information content (AvgIpc) is 3.01. The van der Waals surface area contributed by atoms with Crippen LogP contribution in [-0.2, 0) is 0 Å². The van der Waals surface area contributed by atoms with Gasteiger partial charge >= 0.3 is 0 Å². The Balaban J connectivity index is 1.69. The lowest BCUT2D eigenvalue weighted by Gasteiger charge is -2.18. The Labute approximate surface area is 110 Å². The summed E-state index contributed by atoms with van der Waals surface area (Å²) in [5.41, 5.74) is 0. The van der Waals surface area contributed by atoms with E-state index in [-0.39, 0.29) is 0 Å². The largest absolute Gasteiger partial charge is 0.308 e. The van der Waals surface area contributed by atoms with Crippen LogP contribution < -0.4 is 5.32 Å². The van der Waals surface area contributed by atoms with Crippen LogP contribution in [0, 0.1) is 0 Å². The van der Waals surface area contributed by atoms with E-state index in [1.165, 1.54) is 22.2 Å². The van der Waals surface area contributed by atoms with Crippen LogP contribution in [0.4, 0.5) is 0 Å². The fraction of sp³-hybridized carbons (Fsp3) is 0.667. The van der Waals surface area contributed by atoms with Gasteiger partial charge in [-0.1, -0.05) is 0 Å². The third-order valence-electron chi connectivity index (χ3n) is 3.10. The molecule has 0 spiro atoms. The van der Waals surface area contributed by atoms with Gasteiger partial charge in [0.1, 0.15) is 0 Å². The Morgan fingerprint density at radius 2 is 2.38 bits per heavy atom. The van der Waals surface area contributed by atoms with Crippen LogP contribution >= 0.6 is 27.3 Å². The molecule has 1 atom stereocenters. The number of likely N-dealkylation sites (N-methyl/N-ethyl adjacent to an activating group) is 1. The molecule has 1 unspecified atom stereocenters. The number of hydrogen-bond acceptors (Lipinski definition) is 3. The van der Waals surface area contributed by atoms with E-state index in [1.807, 2.05) is 11.3 Å². The lowest BCUT2D eigenvalue weighted by Crippen LogP contribution is -2.31. The van der Waals surface area contributed by atoms with Gasteiger partial charge in [-0.2, -0.15) is 0 Å². The molecule has 1 heterocycles. The van der Waals surface area contributed by atoms with Gasteiger partial charge in [-0.25, -0.2) is 0 Å². The Kier molecular flexibility index (Phi) is 4.41. The standard InChI is InChI=1S/C12H19BrN2S/c1-9(12-7-10(13)8-16-12)14-5-6-15(2)11-3-4-11/h7-9,11,14H,3-6H2,1-2H3. The van der Waals surface area contributed by atoms with Gasteiger partial charge in [0.25, 0.3) is 0 Å². The van der Waals surface area contributed by atoms with Crippen LogP contribution in [0.25, 0.3) is 0 Å². The van der Waals surface area contributed by atoms with Crippen molar-refractivity contribution < 1.29 is 0 Å². The molecular formula is C12H19BrN2S. The summed E-state index contributed by atoms with van der Waals surface area (Å²) >= 11 is 5.31. The number of nitrogens with zero attached hydrogens (tertiary/aromatic N) is 1. The number of hydrogen-bond donors (Lipinski definition) is 1. The van der Waals surface area contributed by atoms with Crippen molar-refractivity contribution in [2.45, 2.75) is 31.8 Å². The second-order valence-electron chi connectivity index (χ2n) is 4.55. The summed E-state index contributed by atoms with van der Waals surface area (Å²) in [5, 5.41) is 5.72.